The minimum absolute atomic E-state index is 0.111. The van der Waals surface area contributed by atoms with Crippen molar-refractivity contribution in [3.63, 3.8) is 0 Å². The highest BCUT2D eigenvalue weighted by molar-refractivity contribution is 5.82. The number of para-hydroxylation sites is 2. The Labute approximate surface area is 146 Å². The van der Waals surface area contributed by atoms with Gasteiger partial charge in [-0.05, 0) is 17.7 Å². The molecular weight excluding hydrogens is 322 g/mol. The number of ether oxygens (including phenoxy) is 2. The lowest BCUT2D eigenvalue weighted by Gasteiger charge is -2.18. The maximum absolute atomic E-state index is 11.9. The number of benzene rings is 2. The molecule has 25 heavy (non-hydrogen) atoms. The second kappa shape index (κ2) is 9.17. The molecule has 132 valence electrons. The third-order valence-electron chi connectivity index (χ3n) is 3.45. The number of nitrogen functional groups attached to an aromatic ring is 1. The van der Waals surface area contributed by atoms with Crippen LogP contribution >= 0.6 is 0 Å². The summed E-state index contributed by atoms with van der Waals surface area (Å²) in [5.41, 5.74) is 7.89. The van der Waals surface area contributed by atoms with Gasteiger partial charge in [-0.1, -0.05) is 42.5 Å². The van der Waals surface area contributed by atoms with Gasteiger partial charge in [-0.2, -0.15) is 0 Å². The van der Waals surface area contributed by atoms with Crippen LogP contribution in [0.25, 0.3) is 0 Å². The molecule has 0 spiro atoms. The molecule has 0 saturated heterocycles. The summed E-state index contributed by atoms with van der Waals surface area (Å²) in [6.45, 7) is 0.223. The lowest BCUT2D eigenvalue weighted by atomic mass is 10.2. The van der Waals surface area contributed by atoms with Gasteiger partial charge in [-0.25, -0.2) is 9.59 Å². The zero-order chi connectivity index (χ0) is 18.1. The van der Waals surface area contributed by atoms with E-state index in [-0.39, 0.29) is 13.2 Å². The summed E-state index contributed by atoms with van der Waals surface area (Å²) in [6.07, 6.45) is -0.706. The molecule has 2 aromatic rings. The van der Waals surface area contributed by atoms with E-state index in [0.717, 1.165) is 5.56 Å². The van der Waals surface area contributed by atoms with Crippen LogP contribution in [0, 0.1) is 0 Å². The summed E-state index contributed by atoms with van der Waals surface area (Å²) in [5, 5.41) is 5.50. The van der Waals surface area contributed by atoms with E-state index < -0.39 is 18.1 Å². The standard InChI is InChI=1S/C18H21N3O4/c1-24-17(22)16(11-20-15-10-6-5-9-14(15)19)21-18(23)25-12-13-7-3-2-4-8-13/h2-10,16,20H,11-12,19H2,1H3,(H,21,23). The van der Waals surface area contributed by atoms with Crippen molar-refractivity contribution in [3.8, 4) is 0 Å². The van der Waals surface area contributed by atoms with Gasteiger partial charge in [0.25, 0.3) is 0 Å². The number of nitrogens with one attached hydrogen (secondary N) is 2. The fraction of sp³-hybridized carbons (Fsp3) is 0.222. The number of esters is 1. The smallest absolute Gasteiger partial charge is 0.408 e. The van der Waals surface area contributed by atoms with Crippen LogP contribution in [0.15, 0.2) is 54.6 Å². The molecule has 1 unspecified atom stereocenters. The normalized spacial score (nSPS) is 11.2. The van der Waals surface area contributed by atoms with Crippen molar-refractivity contribution in [2.75, 3.05) is 24.7 Å². The Morgan fingerprint density at radius 3 is 2.44 bits per heavy atom. The average molecular weight is 343 g/mol. The minimum atomic E-state index is -0.909. The van der Waals surface area contributed by atoms with E-state index in [1.54, 1.807) is 18.2 Å². The van der Waals surface area contributed by atoms with Crippen molar-refractivity contribution < 1.29 is 19.1 Å². The molecule has 4 N–H and O–H groups in total. The molecule has 2 aromatic carbocycles. The van der Waals surface area contributed by atoms with Crippen molar-refractivity contribution >= 4 is 23.4 Å². The molecule has 0 radical (unpaired) electrons. The summed E-state index contributed by atoms with van der Waals surface area (Å²) >= 11 is 0. The quantitative estimate of drug-likeness (QED) is 0.526. The topological polar surface area (TPSA) is 103 Å². The van der Waals surface area contributed by atoms with Crippen LogP contribution < -0.4 is 16.4 Å². The number of anilines is 2. The predicted octanol–water partition coefficient (Wildman–Crippen LogP) is 2.15. The number of amides is 1. The van der Waals surface area contributed by atoms with E-state index in [0.29, 0.717) is 11.4 Å². The molecule has 0 heterocycles. The van der Waals surface area contributed by atoms with Gasteiger partial charge in [-0.3, -0.25) is 0 Å². The molecular formula is C18H21N3O4. The van der Waals surface area contributed by atoms with Crippen LogP contribution in [-0.2, 0) is 20.9 Å². The number of carbonyl (C=O) groups excluding carboxylic acids is 2. The summed E-state index contributed by atoms with van der Waals surface area (Å²) in [4.78, 5) is 23.8. The fourth-order valence-electron chi connectivity index (χ4n) is 2.11. The van der Waals surface area contributed by atoms with Gasteiger partial charge in [0.15, 0.2) is 0 Å². The van der Waals surface area contributed by atoms with Crippen LogP contribution in [0.2, 0.25) is 0 Å². The molecule has 7 heteroatoms. The predicted molar refractivity (Wildman–Crippen MR) is 94.9 cm³/mol. The minimum Gasteiger partial charge on any atom is -0.467 e. The lowest BCUT2D eigenvalue weighted by molar-refractivity contribution is -0.142. The molecule has 0 aliphatic carbocycles. The number of hydrogen-bond donors (Lipinski definition) is 3. The number of nitrogens with two attached hydrogens (primary N) is 1. The van der Waals surface area contributed by atoms with Crippen molar-refractivity contribution in [1.82, 2.24) is 5.32 Å². The molecule has 0 bridgehead atoms. The SMILES string of the molecule is COC(=O)C(CNc1ccccc1N)NC(=O)OCc1ccccc1. The zero-order valence-electron chi connectivity index (χ0n) is 13.9. The number of rotatable bonds is 7. The Morgan fingerprint density at radius 1 is 1.08 bits per heavy atom. The first kappa shape index (κ1) is 18.1. The molecule has 7 nitrogen and oxygen atoms in total. The van der Waals surface area contributed by atoms with Gasteiger partial charge in [0.2, 0.25) is 0 Å². The molecule has 2 rings (SSSR count). The van der Waals surface area contributed by atoms with Crippen molar-refractivity contribution in [2.24, 2.45) is 0 Å². The fourth-order valence-corrected chi connectivity index (χ4v) is 2.11. The lowest BCUT2D eigenvalue weighted by Crippen LogP contribution is -2.46. The molecule has 1 amide bonds. The van der Waals surface area contributed by atoms with Crippen LogP contribution in [0.4, 0.5) is 16.2 Å². The van der Waals surface area contributed by atoms with E-state index in [2.05, 4.69) is 10.6 Å². The maximum Gasteiger partial charge on any atom is 0.408 e. The maximum atomic E-state index is 11.9. The molecule has 1 atom stereocenters. The average Bonchev–Trinajstić information content (AvgIpc) is 2.64. The Morgan fingerprint density at radius 2 is 1.76 bits per heavy atom. The van der Waals surface area contributed by atoms with Gasteiger partial charge in [0.1, 0.15) is 12.6 Å². The highest BCUT2D eigenvalue weighted by Crippen LogP contribution is 2.16. The molecule has 0 saturated carbocycles. The second-order valence-corrected chi connectivity index (χ2v) is 5.25. The first-order chi connectivity index (χ1) is 12.1. The van der Waals surface area contributed by atoms with Crippen molar-refractivity contribution in [2.45, 2.75) is 12.6 Å². The highest BCUT2D eigenvalue weighted by atomic mass is 16.6. The Hall–Kier alpha value is -3.22. The van der Waals surface area contributed by atoms with Crippen LogP contribution in [0.1, 0.15) is 5.56 Å². The zero-order valence-corrected chi connectivity index (χ0v) is 13.9. The summed E-state index contributed by atoms with van der Waals surface area (Å²) < 4.78 is 9.83. The van der Waals surface area contributed by atoms with Crippen LogP contribution in [0.3, 0.4) is 0 Å². The Kier molecular flexibility index (Phi) is 6.65. The monoisotopic (exact) mass is 343 g/mol. The summed E-state index contributed by atoms with van der Waals surface area (Å²) in [5.74, 6) is -0.585. The van der Waals surface area contributed by atoms with E-state index in [4.69, 9.17) is 15.2 Å². The van der Waals surface area contributed by atoms with Gasteiger partial charge in [0.05, 0.1) is 18.5 Å². The third kappa shape index (κ3) is 5.72. The van der Waals surface area contributed by atoms with Gasteiger partial charge in [0, 0.05) is 6.54 Å². The number of alkyl carbamates (subject to hydrolysis) is 1. The summed E-state index contributed by atoms with van der Waals surface area (Å²) in [6, 6.07) is 15.5. The largest absolute Gasteiger partial charge is 0.467 e. The summed E-state index contributed by atoms with van der Waals surface area (Å²) in [7, 11) is 1.25. The van der Waals surface area contributed by atoms with Gasteiger partial charge in [-0.15, -0.1) is 0 Å². The van der Waals surface area contributed by atoms with Crippen molar-refractivity contribution in [3.05, 3.63) is 60.2 Å². The first-order valence-corrected chi connectivity index (χ1v) is 7.73. The third-order valence-corrected chi connectivity index (χ3v) is 3.45. The Balaban J connectivity index is 1.89. The molecule has 0 fully saturated rings. The number of methoxy groups -OCH3 is 1. The molecule has 0 aliphatic heterocycles. The molecule has 0 aromatic heterocycles. The Bertz CT molecular complexity index is 706. The first-order valence-electron chi connectivity index (χ1n) is 7.73. The van der Waals surface area contributed by atoms with E-state index >= 15 is 0 Å². The van der Waals surface area contributed by atoms with Crippen LogP contribution in [0.5, 0.6) is 0 Å². The van der Waals surface area contributed by atoms with Crippen LogP contribution in [-0.4, -0.2) is 31.8 Å². The highest BCUT2D eigenvalue weighted by Gasteiger charge is 2.22. The van der Waals surface area contributed by atoms with E-state index in [9.17, 15) is 9.59 Å². The van der Waals surface area contributed by atoms with Crippen molar-refractivity contribution in [1.29, 1.82) is 0 Å². The van der Waals surface area contributed by atoms with E-state index in [1.807, 2.05) is 36.4 Å². The molecule has 0 aliphatic rings. The van der Waals surface area contributed by atoms with E-state index in [1.165, 1.54) is 7.11 Å². The van der Waals surface area contributed by atoms with Gasteiger partial charge >= 0.3 is 12.1 Å². The van der Waals surface area contributed by atoms with Gasteiger partial charge < -0.3 is 25.8 Å². The number of carbonyl (C=O) groups is 2. The number of hydrogen-bond acceptors (Lipinski definition) is 6. The second-order valence-electron chi connectivity index (χ2n) is 5.25.